The van der Waals surface area contributed by atoms with Crippen molar-refractivity contribution in [2.24, 2.45) is 0 Å². The second-order valence-corrected chi connectivity index (χ2v) is 7.42. The molecule has 0 radical (unpaired) electrons. The van der Waals surface area contributed by atoms with E-state index in [4.69, 9.17) is 0 Å². The quantitative estimate of drug-likeness (QED) is 0.780. The first kappa shape index (κ1) is 17.7. The van der Waals surface area contributed by atoms with Crippen LogP contribution in [0.5, 0.6) is 0 Å². The number of halogens is 1. The summed E-state index contributed by atoms with van der Waals surface area (Å²) in [6, 6.07) is 17.2. The largest absolute Gasteiger partial charge is 0.351 e. The Morgan fingerprint density at radius 2 is 1.72 bits per heavy atom. The second-order valence-electron chi connectivity index (χ2n) is 6.50. The molecule has 2 aromatic rings. The van der Waals surface area contributed by atoms with Crippen LogP contribution in [0, 0.1) is 0 Å². The number of carbonyl (C=O) groups is 2. The highest BCUT2D eigenvalue weighted by atomic mass is 79.9. The second kappa shape index (κ2) is 7.40. The lowest BCUT2D eigenvalue weighted by atomic mass is 9.89. The molecule has 0 heterocycles. The van der Waals surface area contributed by atoms with E-state index in [1.807, 2.05) is 25.1 Å². The summed E-state index contributed by atoms with van der Waals surface area (Å²) >= 11 is 3.45. The Hall–Kier alpha value is -2.14. The summed E-state index contributed by atoms with van der Waals surface area (Å²) in [7, 11) is 0. The molecule has 4 nitrogen and oxygen atoms in total. The fourth-order valence-corrected chi connectivity index (χ4v) is 3.44. The van der Waals surface area contributed by atoms with E-state index in [2.05, 4.69) is 38.7 Å². The number of amides is 2. The van der Waals surface area contributed by atoms with E-state index >= 15 is 0 Å². The first-order chi connectivity index (χ1) is 12.0. The topological polar surface area (TPSA) is 58.2 Å². The van der Waals surface area contributed by atoms with Gasteiger partial charge >= 0.3 is 0 Å². The highest BCUT2D eigenvalue weighted by molar-refractivity contribution is 9.10. The fraction of sp³-hybridized carbons (Fsp3) is 0.300. The van der Waals surface area contributed by atoms with Crippen LogP contribution in [0.25, 0.3) is 0 Å². The van der Waals surface area contributed by atoms with Crippen LogP contribution >= 0.6 is 15.9 Å². The zero-order valence-corrected chi connectivity index (χ0v) is 15.7. The van der Waals surface area contributed by atoms with Gasteiger partial charge in [-0.2, -0.15) is 0 Å². The maximum Gasteiger partial charge on any atom is 0.251 e. The molecule has 0 bridgehead atoms. The Balaban J connectivity index is 1.54. The van der Waals surface area contributed by atoms with Crippen LogP contribution in [-0.4, -0.2) is 24.4 Å². The third-order valence-corrected chi connectivity index (χ3v) is 5.39. The van der Waals surface area contributed by atoms with Crippen molar-refractivity contribution in [2.75, 3.05) is 6.54 Å². The Morgan fingerprint density at radius 1 is 1.08 bits per heavy atom. The molecule has 5 heteroatoms. The molecular formula is C20H21BrN2O2. The summed E-state index contributed by atoms with van der Waals surface area (Å²) in [5.74, 6) is -0.405. The SMILES string of the molecule is CC(NC(=O)CNC(=O)c1ccccc1)C1(c2ccc(Br)cc2)CC1. The van der Waals surface area contributed by atoms with Gasteiger partial charge in [-0.05, 0) is 49.6 Å². The number of rotatable bonds is 6. The first-order valence-corrected chi connectivity index (χ1v) is 9.19. The van der Waals surface area contributed by atoms with Gasteiger partial charge in [-0.15, -0.1) is 0 Å². The first-order valence-electron chi connectivity index (χ1n) is 8.40. The van der Waals surface area contributed by atoms with Crippen LogP contribution in [0.1, 0.15) is 35.7 Å². The van der Waals surface area contributed by atoms with Crippen LogP contribution in [0.3, 0.4) is 0 Å². The van der Waals surface area contributed by atoms with Crippen molar-refractivity contribution in [2.45, 2.75) is 31.2 Å². The third-order valence-electron chi connectivity index (χ3n) is 4.86. The summed E-state index contributed by atoms with van der Waals surface area (Å²) in [6.07, 6.45) is 2.12. The summed E-state index contributed by atoms with van der Waals surface area (Å²) < 4.78 is 1.05. The van der Waals surface area contributed by atoms with Gasteiger partial charge < -0.3 is 10.6 Å². The average Bonchev–Trinajstić information content (AvgIpc) is 3.43. The third kappa shape index (κ3) is 4.10. The average molecular weight is 401 g/mol. The van der Waals surface area contributed by atoms with Gasteiger partial charge in [0.15, 0.2) is 0 Å². The lowest BCUT2D eigenvalue weighted by Gasteiger charge is -2.25. The maximum atomic E-state index is 12.2. The molecule has 2 aromatic carbocycles. The van der Waals surface area contributed by atoms with Crippen molar-refractivity contribution in [3.63, 3.8) is 0 Å². The molecule has 0 aromatic heterocycles. The minimum absolute atomic E-state index is 0.0137. The molecule has 0 spiro atoms. The molecular weight excluding hydrogens is 380 g/mol. The van der Waals surface area contributed by atoms with Gasteiger partial charge in [-0.1, -0.05) is 46.3 Å². The molecule has 0 saturated heterocycles. The number of carbonyl (C=O) groups excluding carboxylic acids is 2. The van der Waals surface area contributed by atoms with E-state index in [1.165, 1.54) is 5.56 Å². The lowest BCUT2D eigenvalue weighted by molar-refractivity contribution is -0.120. The molecule has 1 aliphatic rings. The minimum atomic E-state index is -0.238. The van der Waals surface area contributed by atoms with E-state index in [9.17, 15) is 9.59 Å². The van der Waals surface area contributed by atoms with Gasteiger partial charge in [0.1, 0.15) is 0 Å². The van der Waals surface area contributed by atoms with E-state index in [1.54, 1.807) is 24.3 Å². The molecule has 1 fully saturated rings. The van der Waals surface area contributed by atoms with Crippen molar-refractivity contribution >= 4 is 27.7 Å². The predicted molar refractivity (Wildman–Crippen MR) is 101 cm³/mol. The van der Waals surface area contributed by atoms with Gasteiger partial charge in [0.2, 0.25) is 5.91 Å². The normalized spacial score (nSPS) is 15.9. The molecule has 3 rings (SSSR count). The smallest absolute Gasteiger partial charge is 0.251 e. The number of benzene rings is 2. The Kier molecular flexibility index (Phi) is 5.23. The van der Waals surface area contributed by atoms with Crippen LogP contribution in [0.2, 0.25) is 0 Å². The van der Waals surface area contributed by atoms with Crippen LogP contribution in [0.4, 0.5) is 0 Å². The van der Waals surface area contributed by atoms with Crippen molar-refractivity contribution < 1.29 is 9.59 Å². The van der Waals surface area contributed by atoms with E-state index in [-0.39, 0.29) is 29.8 Å². The molecule has 2 amide bonds. The van der Waals surface area contributed by atoms with E-state index in [0.717, 1.165) is 17.3 Å². The molecule has 0 aliphatic heterocycles. The molecule has 25 heavy (non-hydrogen) atoms. The zero-order valence-electron chi connectivity index (χ0n) is 14.1. The van der Waals surface area contributed by atoms with E-state index < -0.39 is 0 Å². The van der Waals surface area contributed by atoms with Crippen molar-refractivity contribution in [3.8, 4) is 0 Å². The maximum absolute atomic E-state index is 12.2. The molecule has 1 saturated carbocycles. The van der Waals surface area contributed by atoms with Crippen molar-refractivity contribution in [3.05, 3.63) is 70.2 Å². The Bertz CT molecular complexity index is 755. The fourth-order valence-electron chi connectivity index (χ4n) is 3.17. The molecule has 1 unspecified atom stereocenters. The standard InChI is InChI=1S/C20H21BrN2O2/c1-14(20(11-12-20)16-7-9-17(21)10-8-16)23-18(24)13-22-19(25)15-5-3-2-4-6-15/h2-10,14H,11-13H2,1H3,(H,22,25)(H,23,24). The Labute approximate surface area is 156 Å². The van der Waals surface area contributed by atoms with Gasteiger partial charge in [-0.25, -0.2) is 0 Å². The number of hydrogen-bond acceptors (Lipinski definition) is 2. The molecule has 2 N–H and O–H groups in total. The zero-order chi connectivity index (χ0) is 17.9. The van der Waals surface area contributed by atoms with Crippen LogP contribution in [-0.2, 0) is 10.2 Å². The number of hydrogen-bond donors (Lipinski definition) is 2. The summed E-state index contributed by atoms with van der Waals surface area (Å²) in [4.78, 5) is 24.2. The van der Waals surface area contributed by atoms with Gasteiger partial charge in [-0.3, -0.25) is 9.59 Å². The molecule has 130 valence electrons. The summed E-state index contributed by atoms with van der Waals surface area (Å²) in [5.41, 5.74) is 1.81. The monoisotopic (exact) mass is 400 g/mol. The molecule has 1 aliphatic carbocycles. The number of nitrogens with one attached hydrogen (secondary N) is 2. The summed E-state index contributed by atoms with van der Waals surface area (Å²) in [5, 5.41) is 5.70. The van der Waals surface area contributed by atoms with E-state index in [0.29, 0.717) is 5.56 Å². The predicted octanol–water partition coefficient (Wildman–Crippen LogP) is 3.42. The molecule has 1 atom stereocenters. The van der Waals surface area contributed by atoms with Crippen LogP contribution in [0.15, 0.2) is 59.1 Å². The highest BCUT2D eigenvalue weighted by Crippen LogP contribution is 2.51. The van der Waals surface area contributed by atoms with Crippen molar-refractivity contribution in [1.29, 1.82) is 0 Å². The van der Waals surface area contributed by atoms with Crippen molar-refractivity contribution in [1.82, 2.24) is 10.6 Å². The lowest BCUT2D eigenvalue weighted by Crippen LogP contribution is -2.45. The summed E-state index contributed by atoms with van der Waals surface area (Å²) in [6.45, 7) is 2.01. The van der Waals surface area contributed by atoms with Gasteiger partial charge in [0.05, 0.1) is 6.54 Å². The van der Waals surface area contributed by atoms with Crippen LogP contribution < -0.4 is 10.6 Å². The minimum Gasteiger partial charge on any atom is -0.351 e. The van der Waals surface area contributed by atoms with Gasteiger partial charge in [0, 0.05) is 21.5 Å². The Morgan fingerprint density at radius 3 is 2.32 bits per heavy atom. The highest BCUT2D eigenvalue weighted by Gasteiger charge is 2.49. The van der Waals surface area contributed by atoms with Gasteiger partial charge in [0.25, 0.3) is 5.91 Å².